The van der Waals surface area contributed by atoms with Crippen LogP contribution in [0.15, 0.2) is 76.6 Å². The Morgan fingerprint density at radius 2 is 1.80 bits per heavy atom. The molecule has 242 valence electrons. The highest BCUT2D eigenvalue weighted by Gasteiger charge is 2.38. The number of nitrogens with zero attached hydrogens (tertiary/aromatic N) is 1. The number of alkyl halides is 3. The summed E-state index contributed by atoms with van der Waals surface area (Å²) in [6.45, 7) is 1.84. The van der Waals surface area contributed by atoms with Gasteiger partial charge in [0.25, 0.3) is 5.56 Å². The molecule has 2 heterocycles. The van der Waals surface area contributed by atoms with E-state index in [1.807, 2.05) is 30.3 Å². The number of pyridine rings is 1. The minimum Gasteiger partial charge on any atom is -0.497 e. The number of carboxylic acid groups (broad SMARTS) is 1. The minimum absolute atomic E-state index is 0.0646. The van der Waals surface area contributed by atoms with E-state index in [4.69, 9.17) is 9.84 Å². The highest BCUT2D eigenvalue weighted by molar-refractivity contribution is 7.99. The molecule has 3 aromatic carbocycles. The van der Waals surface area contributed by atoms with Crippen LogP contribution in [0.5, 0.6) is 5.75 Å². The van der Waals surface area contributed by atoms with Crippen molar-refractivity contribution in [3.8, 4) is 16.9 Å². The first kappa shape index (κ1) is 33.2. The summed E-state index contributed by atoms with van der Waals surface area (Å²) in [5, 5.41) is 12.9. The molecule has 6 nitrogen and oxygen atoms in total. The lowest BCUT2D eigenvalue weighted by Gasteiger charge is -2.28. The van der Waals surface area contributed by atoms with Gasteiger partial charge in [-0.2, -0.15) is 13.2 Å². The predicted molar refractivity (Wildman–Crippen MR) is 165 cm³/mol. The van der Waals surface area contributed by atoms with Crippen LogP contribution in [-0.4, -0.2) is 35.1 Å². The maximum atomic E-state index is 15.5. The number of nitrogens with one attached hydrogen (secondary N) is 1. The number of methoxy groups -OCH3 is 1. The van der Waals surface area contributed by atoms with Crippen molar-refractivity contribution in [3.05, 3.63) is 117 Å². The van der Waals surface area contributed by atoms with E-state index in [2.05, 4.69) is 5.32 Å². The fraction of sp³-hybridized carbons (Fsp3) is 0.294. The third kappa shape index (κ3) is 6.68. The first-order chi connectivity index (χ1) is 21.9. The van der Waals surface area contributed by atoms with Crippen LogP contribution in [0.2, 0.25) is 0 Å². The van der Waals surface area contributed by atoms with E-state index in [1.165, 1.54) is 42.5 Å². The highest BCUT2D eigenvalue weighted by Crippen LogP contribution is 2.45. The van der Waals surface area contributed by atoms with Crippen LogP contribution in [0.1, 0.15) is 52.7 Å². The second kappa shape index (κ2) is 13.7. The Morgan fingerprint density at radius 1 is 1.07 bits per heavy atom. The zero-order valence-corrected chi connectivity index (χ0v) is 25.8. The molecular weight excluding hydrogens is 627 g/mol. The lowest BCUT2D eigenvalue weighted by Crippen LogP contribution is -2.36. The number of halogens is 5. The van der Waals surface area contributed by atoms with Crippen molar-refractivity contribution >= 4 is 17.7 Å². The molecule has 0 aliphatic carbocycles. The van der Waals surface area contributed by atoms with Gasteiger partial charge in [0.2, 0.25) is 0 Å². The number of carbonyl (C=O) groups is 1. The smallest absolute Gasteiger partial charge is 0.416 e. The van der Waals surface area contributed by atoms with Gasteiger partial charge in [-0.1, -0.05) is 36.4 Å². The van der Waals surface area contributed by atoms with E-state index in [0.29, 0.717) is 23.7 Å². The van der Waals surface area contributed by atoms with E-state index in [0.717, 1.165) is 29.8 Å². The summed E-state index contributed by atoms with van der Waals surface area (Å²) >= 11 is 1.26. The second-order valence-corrected chi connectivity index (χ2v) is 12.0. The van der Waals surface area contributed by atoms with Crippen molar-refractivity contribution in [3.63, 3.8) is 0 Å². The van der Waals surface area contributed by atoms with Crippen LogP contribution >= 0.6 is 11.8 Å². The lowest BCUT2D eigenvalue weighted by atomic mass is 9.91. The second-order valence-electron chi connectivity index (χ2n) is 11.0. The average molecular weight is 659 g/mol. The molecule has 0 radical (unpaired) electrons. The summed E-state index contributed by atoms with van der Waals surface area (Å²) < 4.78 is 79.6. The van der Waals surface area contributed by atoms with Crippen molar-refractivity contribution in [1.82, 2.24) is 9.88 Å². The number of thioether (sulfide) groups is 1. The summed E-state index contributed by atoms with van der Waals surface area (Å²) in [6.07, 6.45) is -5.09. The van der Waals surface area contributed by atoms with Gasteiger partial charge < -0.3 is 15.2 Å². The number of rotatable bonds is 11. The quantitative estimate of drug-likeness (QED) is 0.128. The Hall–Kier alpha value is -4.16. The maximum absolute atomic E-state index is 15.5. The van der Waals surface area contributed by atoms with Gasteiger partial charge in [0.15, 0.2) is 0 Å². The molecule has 0 fully saturated rings. The molecule has 0 spiro atoms. The van der Waals surface area contributed by atoms with Crippen LogP contribution in [0.3, 0.4) is 0 Å². The van der Waals surface area contributed by atoms with Crippen LogP contribution in [-0.2, 0) is 17.4 Å². The van der Waals surface area contributed by atoms with E-state index in [9.17, 15) is 22.8 Å². The van der Waals surface area contributed by atoms with Gasteiger partial charge >= 0.3 is 12.1 Å². The van der Waals surface area contributed by atoms with E-state index in [1.54, 1.807) is 0 Å². The highest BCUT2D eigenvalue weighted by atomic mass is 32.2. The van der Waals surface area contributed by atoms with E-state index < -0.39 is 59.0 Å². The zero-order chi connectivity index (χ0) is 33.2. The minimum atomic E-state index is -4.84. The molecule has 5 rings (SSSR count). The van der Waals surface area contributed by atoms with Crippen LogP contribution in [0, 0.1) is 18.6 Å². The fourth-order valence-corrected chi connectivity index (χ4v) is 7.36. The molecule has 0 bridgehead atoms. The Morgan fingerprint density at radius 3 is 2.48 bits per heavy atom. The summed E-state index contributed by atoms with van der Waals surface area (Å²) in [7, 11) is 1.38. The molecule has 12 heteroatoms. The Balaban J connectivity index is 1.74. The first-order valence-corrected chi connectivity index (χ1v) is 15.5. The largest absolute Gasteiger partial charge is 0.497 e. The topological polar surface area (TPSA) is 80.6 Å². The van der Waals surface area contributed by atoms with Crippen molar-refractivity contribution < 1.29 is 36.6 Å². The number of carboxylic acids is 1. The Bertz CT molecular complexity index is 1810. The molecule has 4 aromatic rings. The van der Waals surface area contributed by atoms with Gasteiger partial charge in [0.05, 0.1) is 35.3 Å². The Labute approximate surface area is 266 Å². The molecule has 1 aromatic heterocycles. The van der Waals surface area contributed by atoms with Crippen LogP contribution in [0.25, 0.3) is 11.1 Å². The van der Waals surface area contributed by atoms with Gasteiger partial charge in [0.1, 0.15) is 17.4 Å². The van der Waals surface area contributed by atoms with Crippen molar-refractivity contribution in [2.24, 2.45) is 0 Å². The molecule has 2 unspecified atom stereocenters. The summed E-state index contributed by atoms with van der Waals surface area (Å²) in [4.78, 5) is 25.6. The Kier molecular flexibility index (Phi) is 9.88. The van der Waals surface area contributed by atoms with Gasteiger partial charge in [-0.3, -0.25) is 14.2 Å². The molecule has 2 atom stereocenters. The molecular formula is C34H31F5N2O4S. The zero-order valence-electron chi connectivity index (χ0n) is 25.0. The van der Waals surface area contributed by atoms with E-state index >= 15 is 8.78 Å². The predicted octanol–water partition coefficient (Wildman–Crippen LogP) is 7.56. The average Bonchev–Trinajstić information content (AvgIpc) is 3.45. The fourth-order valence-electron chi connectivity index (χ4n) is 5.93. The third-order valence-corrected chi connectivity index (χ3v) is 9.38. The molecule has 0 saturated carbocycles. The maximum Gasteiger partial charge on any atom is 0.416 e. The SMILES string of the molecule is COc1ccc(F)c(-c2c(C)c(Cc3c(F)cccc3C(F)(F)F)c3n(c2=O)C(C(NCCCC(=O)O)c2ccccc2)CS3)c1. The summed E-state index contributed by atoms with van der Waals surface area (Å²) in [6, 6.07) is 14.7. The molecule has 0 saturated heterocycles. The number of ether oxygens (including phenoxy) is 1. The van der Waals surface area contributed by atoms with Crippen molar-refractivity contribution in [2.75, 3.05) is 19.4 Å². The third-order valence-electron chi connectivity index (χ3n) is 8.16. The lowest BCUT2D eigenvalue weighted by molar-refractivity contribution is -0.138. The standard InChI is InChI=1S/C34H31F5N2O4S/c1-19-22(17-23-25(34(37,38)39)10-6-11-26(23)35)33-41(32(44)30(19)24-16-21(45-2)13-14-27(24)36)28(18-46-33)31(20-8-4-3-5-9-20)40-15-7-12-29(42)43/h3-6,8-11,13-14,16,28,31,40H,7,12,15,17-18H2,1-2H3,(H,42,43). The number of benzene rings is 3. The molecule has 1 aliphatic rings. The number of hydrogen-bond donors (Lipinski definition) is 2. The number of hydrogen-bond acceptors (Lipinski definition) is 5. The molecule has 46 heavy (non-hydrogen) atoms. The molecule has 2 N–H and O–H groups in total. The molecule has 1 aliphatic heterocycles. The van der Waals surface area contributed by atoms with Gasteiger partial charge in [0, 0.05) is 29.7 Å². The van der Waals surface area contributed by atoms with Gasteiger partial charge in [-0.15, -0.1) is 11.8 Å². The van der Waals surface area contributed by atoms with Crippen LogP contribution < -0.4 is 15.6 Å². The van der Waals surface area contributed by atoms with Crippen LogP contribution in [0.4, 0.5) is 22.0 Å². The normalized spacial score (nSPS) is 15.1. The van der Waals surface area contributed by atoms with E-state index in [-0.39, 0.29) is 34.4 Å². The van der Waals surface area contributed by atoms with Crippen molar-refractivity contribution in [2.45, 2.75) is 49.5 Å². The monoisotopic (exact) mass is 658 g/mol. The molecule has 0 amide bonds. The van der Waals surface area contributed by atoms with Gasteiger partial charge in [-0.05, 0) is 66.9 Å². The van der Waals surface area contributed by atoms with Gasteiger partial charge in [-0.25, -0.2) is 8.78 Å². The first-order valence-electron chi connectivity index (χ1n) is 14.5. The number of aromatic nitrogens is 1. The number of aliphatic carboxylic acids is 1. The number of fused-ring (bicyclic) bond motifs is 1. The summed E-state index contributed by atoms with van der Waals surface area (Å²) in [5.41, 5.74) is -1.12. The van der Waals surface area contributed by atoms with Crippen molar-refractivity contribution in [1.29, 1.82) is 0 Å². The summed E-state index contributed by atoms with van der Waals surface area (Å²) in [5.74, 6) is -2.14.